The standard InChI is InChI=1S/C13H17NO3/c1-9-2-6-11(7-3-9)17-8-12(13(15)16)14-10-4-5-10/h2-3,6-7,10,12,14H,4-5,8H2,1H3,(H,15,16). The number of carboxylic acids is 1. The largest absolute Gasteiger partial charge is 0.491 e. The van der Waals surface area contributed by atoms with Gasteiger partial charge in [-0.25, -0.2) is 0 Å². The zero-order chi connectivity index (χ0) is 12.3. The topological polar surface area (TPSA) is 58.6 Å². The molecule has 1 aromatic rings. The number of rotatable bonds is 6. The van der Waals surface area contributed by atoms with Crippen molar-refractivity contribution >= 4 is 5.97 Å². The van der Waals surface area contributed by atoms with Crippen molar-refractivity contribution in [3.05, 3.63) is 29.8 Å². The third kappa shape index (κ3) is 3.75. The predicted molar refractivity (Wildman–Crippen MR) is 64.3 cm³/mol. The summed E-state index contributed by atoms with van der Waals surface area (Å²) in [5.41, 5.74) is 1.16. The summed E-state index contributed by atoms with van der Waals surface area (Å²) >= 11 is 0. The van der Waals surface area contributed by atoms with Gasteiger partial charge in [0.1, 0.15) is 18.4 Å². The number of hydrogen-bond donors (Lipinski definition) is 2. The Kier molecular flexibility index (Phi) is 3.64. The molecule has 1 saturated carbocycles. The summed E-state index contributed by atoms with van der Waals surface area (Å²) in [6, 6.07) is 7.33. The van der Waals surface area contributed by atoms with Crippen molar-refractivity contribution in [2.24, 2.45) is 0 Å². The van der Waals surface area contributed by atoms with E-state index in [1.54, 1.807) is 0 Å². The molecule has 0 bridgehead atoms. The predicted octanol–water partition coefficient (Wildman–Crippen LogP) is 1.58. The molecule has 0 saturated heterocycles. The van der Waals surface area contributed by atoms with E-state index in [2.05, 4.69) is 5.32 Å². The molecule has 4 nitrogen and oxygen atoms in total. The van der Waals surface area contributed by atoms with Crippen molar-refractivity contribution in [1.82, 2.24) is 5.32 Å². The fourth-order valence-electron chi connectivity index (χ4n) is 1.54. The Morgan fingerprint density at radius 2 is 2.12 bits per heavy atom. The molecular weight excluding hydrogens is 218 g/mol. The number of nitrogens with one attached hydrogen (secondary N) is 1. The lowest BCUT2D eigenvalue weighted by Crippen LogP contribution is -2.42. The number of carboxylic acid groups (broad SMARTS) is 1. The summed E-state index contributed by atoms with van der Waals surface area (Å²) in [4.78, 5) is 11.0. The van der Waals surface area contributed by atoms with Crippen LogP contribution >= 0.6 is 0 Å². The minimum absolute atomic E-state index is 0.162. The monoisotopic (exact) mass is 235 g/mol. The van der Waals surface area contributed by atoms with Crippen LogP contribution in [0, 0.1) is 6.92 Å². The van der Waals surface area contributed by atoms with E-state index in [0.29, 0.717) is 11.8 Å². The SMILES string of the molecule is Cc1ccc(OCC(NC2CC2)C(=O)O)cc1. The molecule has 0 spiro atoms. The second-order valence-corrected chi connectivity index (χ2v) is 4.46. The summed E-state index contributed by atoms with van der Waals surface area (Å²) in [5.74, 6) is -0.150. The number of aliphatic carboxylic acids is 1. The number of hydrogen-bond acceptors (Lipinski definition) is 3. The van der Waals surface area contributed by atoms with E-state index in [9.17, 15) is 4.79 Å². The number of aryl methyl sites for hydroxylation is 1. The molecule has 1 aromatic carbocycles. The van der Waals surface area contributed by atoms with Gasteiger partial charge in [0.15, 0.2) is 0 Å². The van der Waals surface area contributed by atoms with Crippen molar-refractivity contribution < 1.29 is 14.6 Å². The van der Waals surface area contributed by atoms with E-state index in [4.69, 9.17) is 9.84 Å². The molecule has 1 atom stereocenters. The summed E-state index contributed by atoms with van der Waals surface area (Å²) in [5, 5.41) is 12.1. The summed E-state index contributed by atoms with van der Waals surface area (Å²) in [6.07, 6.45) is 2.13. The molecule has 92 valence electrons. The van der Waals surface area contributed by atoms with Crippen LogP contribution in [0.1, 0.15) is 18.4 Å². The lowest BCUT2D eigenvalue weighted by atomic mass is 10.2. The van der Waals surface area contributed by atoms with Gasteiger partial charge in [-0.05, 0) is 31.9 Å². The van der Waals surface area contributed by atoms with Gasteiger partial charge in [0.05, 0.1) is 0 Å². The highest BCUT2D eigenvalue weighted by Gasteiger charge is 2.28. The van der Waals surface area contributed by atoms with Crippen molar-refractivity contribution in [2.75, 3.05) is 6.61 Å². The van der Waals surface area contributed by atoms with E-state index in [0.717, 1.165) is 18.4 Å². The van der Waals surface area contributed by atoms with E-state index in [1.807, 2.05) is 31.2 Å². The Morgan fingerprint density at radius 3 is 2.65 bits per heavy atom. The molecule has 0 heterocycles. The molecule has 17 heavy (non-hydrogen) atoms. The second kappa shape index (κ2) is 5.19. The molecule has 1 aliphatic carbocycles. The maximum absolute atomic E-state index is 11.0. The Labute approximate surface area is 101 Å². The van der Waals surface area contributed by atoms with Gasteiger partial charge in [0.2, 0.25) is 0 Å². The van der Waals surface area contributed by atoms with Crippen molar-refractivity contribution in [1.29, 1.82) is 0 Å². The molecular formula is C13H17NO3. The first kappa shape index (κ1) is 11.9. The van der Waals surface area contributed by atoms with Gasteiger partial charge in [0, 0.05) is 6.04 Å². The average Bonchev–Trinajstić information content (AvgIpc) is 3.10. The fourth-order valence-corrected chi connectivity index (χ4v) is 1.54. The maximum Gasteiger partial charge on any atom is 0.324 e. The van der Waals surface area contributed by atoms with Crippen LogP contribution in [0.5, 0.6) is 5.75 Å². The Morgan fingerprint density at radius 1 is 1.47 bits per heavy atom. The zero-order valence-corrected chi connectivity index (χ0v) is 9.85. The first-order valence-electron chi connectivity index (χ1n) is 5.83. The lowest BCUT2D eigenvalue weighted by Gasteiger charge is -2.15. The van der Waals surface area contributed by atoms with Gasteiger partial charge in [-0.2, -0.15) is 0 Å². The van der Waals surface area contributed by atoms with E-state index in [-0.39, 0.29) is 6.61 Å². The zero-order valence-electron chi connectivity index (χ0n) is 9.85. The van der Waals surface area contributed by atoms with Crippen LogP contribution in [0.2, 0.25) is 0 Å². The highest BCUT2D eigenvalue weighted by molar-refractivity contribution is 5.73. The van der Waals surface area contributed by atoms with Crippen LogP contribution in [0.4, 0.5) is 0 Å². The van der Waals surface area contributed by atoms with E-state index in [1.165, 1.54) is 0 Å². The van der Waals surface area contributed by atoms with Gasteiger partial charge in [0.25, 0.3) is 0 Å². The second-order valence-electron chi connectivity index (χ2n) is 4.46. The normalized spacial score (nSPS) is 16.5. The van der Waals surface area contributed by atoms with Crippen LogP contribution in [-0.2, 0) is 4.79 Å². The highest BCUT2D eigenvalue weighted by atomic mass is 16.5. The Balaban J connectivity index is 1.85. The van der Waals surface area contributed by atoms with Crippen LogP contribution in [-0.4, -0.2) is 29.8 Å². The first-order valence-corrected chi connectivity index (χ1v) is 5.83. The number of ether oxygens (including phenoxy) is 1. The summed E-state index contributed by atoms with van der Waals surface area (Å²) in [6.45, 7) is 2.16. The highest BCUT2D eigenvalue weighted by Crippen LogP contribution is 2.19. The van der Waals surface area contributed by atoms with Gasteiger partial charge < -0.3 is 9.84 Å². The fraction of sp³-hybridized carbons (Fsp3) is 0.462. The van der Waals surface area contributed by atoms with Crippen molar-refractivity contribution in [3.63, 3.8) is 0 Å². The molecule has 1 aliphatic rings. The molecule has 4 heteroatoms. The van der Waals surface area contributed by atoms with Crippen molar-refractivity contribution in [2.45, 2.75) is 31.8 Å². The smallest absolute Gasteiger partial charge is 0.324 e. The number of carbonyl (C=O) groups is 1. The quantitative estimate of drug-likeness (QED) is 0.786. The first-order chi connectivity index (χ1) is 8.15. The molecule has 2 N–H and O–H groups in total. The molecule has 2 rings (SSSR count). The van der Waals surface area contributed by atoms with Crippen molar-refractivity contribution in [3.8, 4) is 5.75 Å². The minimum atomic E-state index is -0.857. The maximum atomic E-state index is 11.0. The summed E-state index contributed by atoms with van der Waals surface area (Å²) < 4.78 is 5.47. The minimum Gasteiger partial charge on any atom is -0.491 e. The van der Waals surface area contributed by atoms with Gasteiger partial charge >= 0.3 is 5.97 Å². The molecule has 0 radical (unpaired) electrons. The van der Waals surface area contributed by atoms with Crippen LogP contribution in [0.15, 0.2) is 24.3 Å². The van der Waals surface area contributed by atoms with Gasteiger partial charge in [-0.15, -0.1) is 0 Å². The molecule has 0 amide bonds. The van der Waals surface area contributed by atoms with E-state index >= 15 is 0 Å². The summed E-state index contributed by atoms with van der Waals surface area (Å²) in [7, 11) is 0. The van der Waals surface area contributed by atoms with Crippen LogP contribution < -0.4 is 10.1 Å². The van der Waals surface area contributed by atoms with Crippen LogP contribution in [0.25, 0.3) is 0 Å². The molecule has 1 unspecified atom stereocenters. The van der Waals surface area contributed by atoms with E-state index < -0.39 is 12.0 Å². The third-order valence-corrected chi connectivity index (χ3v) is 2.75. The third-order valence-electron chi connectivity index (χ3n) is 2.75. The average molecular weight is 235 g/mol. The molecule has 0 aliphatic heterocycles. The van der Waals surface area contributed by atoms with Gasteiger partial charge in [-0.1, -0.05) is 17.7 Å². The number of benzene rings is 1. The molecule has 0 aromatic heterocycles. The van der Waals surface area contributed by atoms with Crippen LogP contribution in [0.3, 0.4) is 0 Å². The lowest BCUT2D eigenvalue weighted by molar-refractivity contribution is -0.140. The Bertz CT molecular complexity index is 384. The Hall–Kier alpha value is -1.55. The molecule has 1 fully saturated rings. The van der Waals surface area contributed by atoms with Gasteiger partial charge in [-0.3, -0.25) is 10.1 Å².